The van der Waals surface area contributed by atoms with Gasteiger partial charge in [0, 0.05) is 0 Å². The molecule has 0 aromatic rings. The van der Waals surface area contributed by atoms with Crippen LogP contribution in [-0.2, 0) is 14.3 Å². The summed E-state index contributed by atoms with van der Waals surface area (Å²) in [5, 5.41) is 13.9. The van der Waals surface area contributed by atoms with E-state index in [0.717, 1.165) is 51.4 Å². The number of carbonyl (C=O) groups excluding carboxylic acids is 2. The van der Waals surface area contributed by atoms with Crippen molar-refractivity contribution in [3.63, 3.8) is 0 Å². The van der Waals surface area contributed by atoms with Gasteiger partial charge in [-0.25, -0.2) is 0 Å². The van der Waals surface area contributed by atoms with Crippen molar-refractivity contribution >= 4 is 11.9 Å². The minimum Gasteiger partial charge on any atom is -0.468 e. The molecule has 0 radical (unpaired) electrons. The van der Waals surface area contributed by atoms with Gasteiger partial charge < -0.3 is 15.2 Å². The van der Waals surface area contributed by atoms with Gasteiger partial charge in [0.25, 0.3) is 0 Å². The maximum atomic E-state index is 13.9. The van der Waals surface area contributed by atoms with E-state index in [9.17, 15) is 14.7 Å². The van der Waals surface area contributed by atoms with Gasteiger partial charge in [-0.3, -0.25) is 9.59 Å². The number of aliphatic hydroxyl groups excluding tert-OH is 1. The molecule has 0 saturated heterocycles. The largest absolute Gasteiger partial charge is 0.468 e. The van der Waals surface area contributed by atoms with Gasteiger partial charge in [0.15, 0.2) is 0 Å². The van der Waals surface area contributed by atoms with Gasteiger partial charge in [0.2, 0.25) is 5.91 Å². The highest BCUT2D eigenvalue weighted by Crippen LogP contribution is 2.75. The van der Waals surface area contributed by atoms with Crippen molar-refractivity contribution in [3.05, 3.63) is 11.6 Å². The Bertz CT molecular complexity index is 1030. The van der Waals surface area contributed by atoms with Crippen molar-refractivity contribution in [1.82, 2.24) is 5.32 Å². The maximum absolute atomic E-state index is 13.9. The molecule has 5 aliphatic carbocycles. The van der Waals surface area contributed by atoms with E-state index >= 15 is 0 Å². The van der Waals surface area contributed by atoms with Crippen LogP contribution >= 0.6 is 0 Å². The Labute approximate surface area is 230 Å². The molecule has 5 rings (SSSR count). The third-order valence-electron chi connectivity index (χ3n) is 13.7. The second-order valence-electron chi connectivity index (χ2n) is 16.0. The summed E-state index contributed by atoms with van der Waals surface area (Å²) in [4.78, 5) is 25.8. The number of hydrogen-bond acceptors (Lipinski definition) is 4. The summed E-state index contributed by atoms with van der Waals surface area (Å²) in [6.07, 6.45) is 12.7. The Kier molecular flexibility index (Phi) is 6.54. The van der Waals surface area contributed by atoms with Crippen LogP contribution in [0, 0.1) is 50.2 Å². The normalized spacial score (nSPS) is 46.8. The molecule has 0 aromatic heterocycles. The Morgan fingerprint density at radius 1 is 0.947 bits per heavy atom. The number of aliphatic hydroxyl groups is 1. The number of hydrogen-bond donors (Lipinski definition) is 2. The van der Waals surface area contributed by atoms with E-state index in [0.29, 0.717) is 11.8 Å². The number of ether oxygens (including phenoxy) is 1. The molecule has 4 saturated carbocycles. The highest BCUT2D eigenvalue weighted by atomic mass is 16.5. The van der Waals surface area contributed by atoms with Crippen LogP contribution in [0.2, 0.25) is 0 Å². The number of methoxy groups -OCH3 is 1. The van der Waals surface area contributed by atoms with Crippen LogP contribution in [-0.4, -0.2) is 36.7 Å². The Balaban J connectivity index is 1.54. The molecule has 5 aliphatic rings. The molecular weight excluding hydrogens is 474 g/mol. The van der Waals surface area contributed by atoms with E-state index in [4.69, 9.17) is 4.74 Å². The number of carbonyl (C=O) groups is 2. The zero-order valence-electron chi connectivity index (χ0n) is 25.3. The van der Waals surface area contributed by atoms with Crippen molar-refractivity contribution in [2.45, 2.75) is 119 Å². The van der Waals surface area contributed by atoms with Gasteiger partial charge in [0.05, 0.1) is 18.6 Å². The van der Waals surface area contributed by atoms with Crippen LogP contribution in [0.15, 0.2) is 11.6 Å². The van der Waals surface area contributed by atoms with Crippen molar-refractivity contribution < 1.29 is 19.4 Å². The zero-order chi connectivity index (χ0) is 27.9. The number of amides is 1. The summed E-state index contributed by atoms with van der Waals surface area (Å²) >= 11 is 0. The van der Waals surface area contributed by atoms with Crippen LogP contribution in [0.5, 0.6) is 0 Å². The SMILES string of the molecule is COC(=O)CNC(=O)[C@]12CCC(C)(C)C[C@H]1C1=CC[C@@H]3[C@@]4(C)CC[C@H](O)C(C)(C)[C@@H]4CC[C@@]3(C)[C@]1(C)CC2. The fourth-order valence-corrected chi connectivity index (χ4v) is 11.0. The van der Waals surface area contributed by atoms with Crippen LogP contribution in [0.25, 0.3) is 0 Å². The predicted octanol–water partition coefficient (Wildman–Crippen LogP) is 6.44. The van der Waals surface area contributed by atoms with Crippen LogP contribution in [0.1, 0.15) is 113 Å². The first-order chi connectivity index (χ1) is 17.6. The minimum atomic E-state index is -0.434. The molecule has 8 atom stereocenters. The third-order valence-corrected chi connectivity index (χ3v) is 13.7. The molecule has 0 unspecified atom stereocenters. The standard InChI is InChI=1S/C33H53NO4/c1-28(2)15-17-33(27(37)34-20-26(36)38-8)18-16-31(6)21(22(33)19-28)9-10-24-30(5)13-12-25(35)29(3,4)23(30)11-14-32(24,31)7/h9,22-25,35H,10-20H2,1-8H3,(H,34,37)/t22-,23-,24+,25-,30-,31+,32+,33-/m0/s1. The summed E-state index contributed by atoms with van der Waals surface area (Å²) in [5.41, 5.74) is 1.72. The number of allylic oxidation sites excluding steroid dienone is 2. The Morgan fingerprint density at radius 3 is 2.32 bits per heavy atom. The average molecular weight is 528 g/mol. The second kappa shape index (κ2) is 8.82. The van der Waals surface area contributed by atoms with Gasteiger partial charge >= 0.3 is 5.97 Å². The van der Waals surface area contributed by atoms with Gasteiger partial charge in [-0.1, -0.05) is 60.1 Å². The van der Waals surface area contributed by atoms with E-state index in [-0.39, 0.29) is 57.5 Å². The van der Waals surface area contributed by atoms with Crippen LogP contribution < -0.4 is 5.32 Å². The molecule has 214 valence electrons. The molecule has 0 heterocycles. The molecule has 4 fully saturated rings. The molecule has 5 nitrogen and oxygen atoms in total. The quantitative estimate of drug-likeness (QED) is 0.327. The lowest BCUT2D eigenvalue weighted by Gasteiger charge is -2.71. The molecule has 0 bridgehead atoms. The van der Waals surface area contributed by atoms with Crippen LogP contribution in [0.4, 0.5) is 0 Å². The maximum Gasteiger partial charge on any atom is 0.325 e. The zero-order valence-corrected chi connectivity index (χ0v) is 25.3. The van der Waals surface area contributed by atoms with Gasteiger partial charge in [-0.2, -0.15) is 0 Å². The van der Waals surface area contributed by atoms with Gasteiger partial charge in [0.1, 0.15) is 6.54 Å². The molecule has 2 N–H and O–H groups in total. The number of rotatable bonds is 3. The smallest absolute Gasteiger partial charge is 0.325 e. The lowest BCUT2D eigenvalue weighted by Crippen LogP contribution is -2.65. The average Bonchev–Trinajstić information content (AvgIpc) is 2.85. The molecule has 0 aliphatic heterocycles. The fourth-order valence-electron chi connectivity index (χ4n) is 11.0. The van der Waals surface area contributed by atoms with Gasteiger partial charge in [-0.15, -0.1) is 0 Å². The van der Waals surface area contributed by atoms with Crippen molar-refractivity contribution in [2.24, 2.45) is 50.2 Å². The molecule has 1 amide bonds. The summed E-state index contributed by atoms with van der Waals surface area (Å²) in [7, 11) is 1.37. The lowest BCUT2D eigenvalue weighted by molar-refractivity contribution is -0.203. The summed E-state index contributed by atoms with van der Waals surface area (Å²) in [6.45, 7) is 17.0. The monoisotopic (exact) mass is 527 g/mol. The summed E-state index contributed by atoms with van der Waals surface area (Å²) < 4.78 is 4.82. The molecule has 0 aromatic carbocycles. The Hall–Kier alpha value is -1.36. The topological polar surface area (TPSA) is 75.6 Å². The highest BCUT2D eigenvalue weighted by molar-refractivity contribution is 5.87. The fraction of sp³-hybridized carbons (Fsp3) is 0.879. The first-order valence-corrected chi connectivity index (χ1v) is 15.3. The Morgan fingerprint density at radius 2 is 1.63 bits per heavy atom. The number of nitrogens with one attached hydrogen (secondary N) is 1. The lowest BCUT2D eigenvalue weighted by atomic mass is 9.33. The number of esters is 1. The third kappa shape index (κ3) is 3.72. The van der Waals surface area contributed by atoms with E-state index in [2.05, 4.69) is 59.9 Å². The summed E-state index contributed by atoms with van der Waals surface area (Å²) in [5.74, 6) is 1.01. The molecule has 0 spiro atoms. The first-order valence-electron chi connectivity index (χ1n) is 15.3. The van der Waals surface area contributed by atoms with E-state index < -0.39 is 5.41 Å². The highest BCUT2D eigenvalue weighted by Gasteiger charge is 2.69. The van der Waals surface area contributed by atoms with Crippen LogP contribution in [0.3, 0.4) is 0 Å². The second-order valence-corrected chi connectivity index (χ2v) is 16.0. The number of fused-ring (bicyclic) bond motifs is 7. The minimum absolute atomic E-state index is 0.0495. The molecule has 38 heavy (non-hydrogen) atoms. The molecular formula is C33H53NO4. The van der Waals surface area contributed by atoms with Gasteiger partial charge in [-0.05, 0) is 109 Å². The van der Waals surface area contributed by atoms with Crippen molar-refractivity contribution in [2.75, 3.05) is 13.7 Å². The van der Waals surface area contributed by atoms with E-state index in [1.807, 2.05) is 0 Å². The molecule has 5 heteroatoms. The predicted molar refractivity (Wildman–Crippen MR) is 150 cm³/mol. The van der Waals surface area contributed by atoms with E-state index in [1.54, 1.807) is 5.57 Å². The summed E-state index contributed by atoms with van der Waals surface area (Å²) in [6, 6.07) is 0. The first kappa shape index (κ1) is 28.2. The van der Waals surface area contributed by atoms with E-state index in [1.165, 1.54) is 20.0 Å². The van der Waals surface area contributed by atoms with Crippen molar-refractivity contribution in [3.8, 4) is 0 Å². The van der Waals surface area contributed by atoms with Crippen molar-refractivity contribution in [1.29, 1.82) is 0 Å².